The van der Waals surface area contributed by atoms with Gasteiger partial charge in [0.2, 0.25) is 11.8 Å². The topological polar surface area (TPSA) is 109 Å². The van der Waals surface area contributed by atoms with Crippen LogP contribution in [0.3, 0.4) is 0 Å². The average Bonchev–Trinajstić information content (AvgIpc) is 3.62. The van der Waals surface area contributed by atoms with E-state index in [1.165, 1.54) is 24.7 Å². The maximum absolute atomic E-state index is 12.0. The number of carbonyl (C=O) groups excluding carboxylic acids is 2. The second-order valence-corrected chi connectivity index (χ2v) is 8.56. The fraction of sp³-hybridized carbons (Fsp3) is 0. The Hall–Kier alpha value is -4.80. The second kappa shape index (κ2) is 12.9. The Morgan fingerprint density at radius 2 is 1.00 bits per heavy atom. The third kappa shape index (κ3) is 8.12. The summed E-state index contributed by atoms with van der Waals surface area (Å²) in [7, 11) is 0. The van der Waals surface area contributed by atoms with Crippen LogP contribution in [0.5, 0.6) is 0 Å². The fourth-order valence-electron chi connectivity index (χ4n) is 3.21. The molecule has 2 heterocycles. The van der Waals surface area contributed by atoms with Crippen molar-refractivity contribution in [3.05, 3.63) is 109 Å². The lowest BCUT2D eigenvalue weighted by Crippen LogP contribution is -2.32. The van der Waals surface area contributed by atoms with Gasteiger partial charge in [-0.25, -0.2) is 0 Å². The summed E-state index contributed by atoms with van der Waals surface area (Å²) in [5, 5.41) is 11.5. The van der Waals surface area contributed by atoms with Gasteiger partial charge in [0.25, 0.3) is 0 Å². The first kappa shape index (κ1) is 26.3. The number of anilines is 2. The number of carbonyl (C=O) groups is 2. The largest absolute Gasteiger partial charge is 0.465 e. The van der Waals surface area contributed by atoms with Crippen LogP contribution in [0.25, 0.3) is 23.3 Å². The van der Waals surface area contributed by atoms with Crippen molar-refractivity contribution in [3.63, 3.8) is 0 Å². The maximum Gasteiger partial charge on any atom is 0.250 e. The van der Waals surface area contributed by atoms with E-state index < -0.39 is 0 Å². The molecule has 0 bridgehead atoms. The molecule has 0 spiro atoms. The number of amides is 2. The van der Waals surface area contributed by atoms with E-state index in [4.69, 9.17) is 33.3 Å². The van der Waals surface area contributed by atoms with Crippen LogP contribution in [0.2, 0.25) is 0 Å². The highest BCUT2D eigenvalue weighted by Gasteiger charge is 2.05. The molecule has 4 N–H and O–H groups in total. The molecule has 0 fully saturated rings. The smallest absolute Gasteiger partial charge is 0.250 e. The Balaban J connectivity index is 1.25. The highest BCUT2D eigenvalue weighted by molar-refractivity contribution is 7.80. The zero-order valence-corrected chi connectivity index (χ0v) is 21.5. The zero-order chi connectivity index (χ0) is 26.7. The quantitative estimate of drug-likeness (QED) is 0.177. The molecular weight excluding hydrogens is 520 g/mol. The second-order valence-electron chi connectivity index (χ2n) is 7.74. The monoisotopic (exact) mass is 542 g/mol. The van der Waals surface area contributed by atoms with Gasteiger partial charge in [-0.05, 0) is 96.2 Å². The molecule has 0 atom stereocenters. The van der Waals surface area contributed by atoms with Crippen molar-refractivity contribution >= 4 is 70.0 Å². The third-order valence-electron chi connectivity index (χ3n) is 4.98. The van der Waals surface area contributed by atoms with Crippen LogP contribution in [-0.2, 0) is 9.59 Å². The van der Waals surface area contributed by atoms with E-state index in [2.05, 4.69) is 21.3 Å². The van der Waals surface area contributed by atoms with E-state index in [1.54, 1.807) is 36.4 Å². The predicted molar refractivity (Wildman–Crippen MR) is 156 cm³/mol. The van der Waals surface area contributed by atoms with Gasteiger partial charge in [0.1, 0.15) is 11.5 Å². The van der Waals surface area contributed by atoms with Gasteiger partial charge in [-0.1, -0.05) is 24.3 Å². The van der Waals surface area contributed by atoms with Gasteiger partial charge in [-0.2, -0.15) is 0 Å². The van der Waals surface area contributed by atoms with E-state index in [-0.39, 0.29) is 22.0 Å². The Morgan fingerprint density at radius 1 is 0.605 bits per heavy atom. The predicted octanol–water partition coefficient (Wildman–Crippen LogP) is 5.59. The normalized spacial score (nSPS) is 10.8. The maximum atomic E-state index is 12.0. The molecule has 10 heteroatoms. The highest BCUT2D eigenvalue weighted by Crippen LogP contribution is 2.23. The molecule has 0 unspecified atom stereocenters. The zero-order valence-electron chi connectivity index (χ0n) is 19.8. The van der Waals surface area contributed by atoms with Crippen LogP contribution in [0.1, 0.15) is 11.5 Å². The number of nitrogens with one attached hydrogen (secondary N) is 4. The fourth-order valence-corrected chi connectivity index (χ4v) is 3.65. The van der Waals surface area contributed by atoms with Gasteiger partial charge < -0.3 is 19.5 Å². The van der Waals surface area contributed by atoms with Gasteiger partial charge in [-0.15, -0.1) is 0 Å². The van der Waals surface area contributed by atoms with E-state index in [0.29, 0.717) is 11.5 Å². The molecule has 4 aromatic rings. The molecule has 0 saturated carbocycles. The first-order chi connectivity index (χ1) is 18.4. The molecule has 2 aromatic carbocycles. The van der Waals surface area contributed by atoms with Crippen LogP contribution in [-0.4, -0.2) is 22.0 Å². The summed E-state index contributed by atoms with van der Waals surface area (Å²) in [6.45, 7) is 0. The highest BCUT2D eigenvalue weighted by atomic mass is 32.1. The number of thiocarbonyl (C=S) groups is 2. The van der Waals surface area contributed by atoms with Gasteiger partial charge in [0, 0.05) is 23.5 Å². The Bertz CT molecular complexity index is 1340. The average molecular weight is 543 g/mol. The number of rotatable bonds is 7. The minimum atomic E-state index is -0.367. The number of benzene rings is 2. The van der Waals surface area contributed by atoms with E-state index in [0.717, 1.165) is 22.5 Å². The first-order valence-electron chi connectivity index (χ1n) is 11.3. The molecule has 4 rings (SSSR count). The molecule has 0 aliphatic carbocycles. The Kier molecular flexibility index (Phi) is 8.95. The van der Waals surface area contributed by atoms with Crippen LogP contribution in [0.4, 0.5) is 11.4 Å². The van der Waals surface area contributed by atoms with Gasteiger partial charge in [-0.3, -0.25) is 20.2 Å². The summed E-state index contributed by atoms with van der Waals surface area (Å²) in [6, 6.07) is 22.1. The first-order valence-corrected chi connectivity index (χ1v) is 12.1. The summed E-state index contributed by atoms with van der Waals surface area (Å²) in [5.41, 5.74) is 3.43. The molecule has 190 valence electrons. The minimum Gasteiger partial charge on any atom is -0.465 e. The van der Waals surface area contributed by atoms with Crippen molar-refractivity contribution in [2.24, 2.45) is 0 Å². The minimum absolute atomic E-state index is 0.182. The van der Waals surface area contributed by atoms with Crippen molar-refractivity contribution in [3.8, 4) is 11.1 Å². The van der Waals surface area contributed by atoms with Crippen molar-refractivity contribution < 1.29 is 18.4 Å². The molecule has 38 heavy (non-hydrogen) atoms. The third-order valence-corrected chi connectivity index (χ3v) is 5.38. The summed E-state index contributed by atoms with van der Waals surface area (Å²) in [5.74, 6) is 0.409. The van der Waals surface area contributed by atoms with Crippen LogP contribution >= 0.6 is 24.4 Å². The summed E-state index contributed by atoms with van der Waals surface area (Å²) >= 11 is 10.4. The van der Waals surface area contributed by atoms with Crippen LogP contribution in [0, 0.1) is 0 Å². The summed E-state index contributed by atoms with van der Waals surface area (Å²) in [4.78, 5) is 24.0. The SMILES string of the molecule is O=C(/C=C\c1ccco1)NC(=S)Nc1ccc(-c2ccc(NC(=S)NC(=O)/C=C/c3ccco3)cc2)cc1. The lowest BCUT2D eigenvalue weighted by Gasteiger charge is -2.10. The van der Waals surface area contributed by atoms with E-state index in [1.807, 2.05) is 48.5 Å². The standard InChI is InChI=1S/C28H22N4O4S2/c33-25(15-13-23-3-1-17-35-23)31-27(37)29-21-9-5-19(6-10-21)20-7-11-22(12-8-20)30-28(38)32-26(34)16-14-24-4-2-18-36-24/h1-18H,(H2,29,31,33,37)(H2,30,32,34,38)/b15-13-,16-14+. The van der Waals surface area contributed by atoms with Crippen molar-refractivity contribution in [2.75, 3.05) is 10.6 Å². The van der Waals surface area contributed by atoms with Crippen LogP contribution in [0.15, 0.2) is 106 Å². The Labute approximate surface area is 229 Å². The molecule has 0 radical (unpaired) electrons. The molecule has 0 saturated heterocycles. The Morgan fingerprint density at radius 3 is 1.34 bits per heavy atom. The molecule has 8 nitrogen and oxygen atoms in total. The molecule has 0 aliphatic heterocycles. The van der Waals surface area contributed by atoms with Gasteiger partial charge >= 0.3 is 0 Å². The summed E-state index contributed by atoms with van der Waals surface area (Å²) < 4.78 is 10.3. The molecule has 2 aromatic heterocycles. The molecular formula is C28H22N4O4S2. The van der Waals surface area contributed by atoms with Crippen molar-refractivity contribution in [1.82, 2.24) is 10.6 Å². The van der Waals surface area contributed by atoms with E-state index >= 15 is 0 Å². The van der Waals surface area contributed by atoms with Gasteiger partial charge in [0.15, 0.2) is 10.2 Å². The lowest BCUT2D eigenvalue weighted by atomic mass is 10.1. The number of furan rings is 2. The summed E-state index contributed by atoms with van der Waals surface area (Å²) in [6.07, 6.45) is 8.85. The van der Waals surface area contributed by atoms with E-state index in [9.17, 15) is 9.59 Å². The number of hydrogen-bond donors (Lipinski definition) is 4. The van der Waals surface area contributed by atoms with Crippen molar-refractivity contribution in [2.45, 2.75) is 0 Å². The molecule has 2 amide bonds. The van der Waals surface area contributed by atoms with Crippen LogP contribution < -0.4 is 21.3 Å². The van der Waals surface area contributed by atoms with Crippen molar-refractivity contribution in [1.29, 1.82) is 0 Å². The lowest BCUT2D eigenvalue weighted by molar-refractivity contribution is -0.115. The van der Waals surface area contributed by atoms with Gasteiger partial charge in [0.05, 0.1) is 12.5 Å². The molecule has 0 aliphatic rings. The number of hydrogen-bond acceptors (Lipinski definition) is 6.